The Balaban J connectivity index is 1.49. The van der Waals surface area contributed by atoms with Crippen LogP contribution in [-0.4, -0.2) is 22.7 Å². The van der Waals surface area contributed by atoms with E-state index in [0.29, 0.717) is 46.4 Å². The summed E-state index contributed by atoms with van der Waals surface area (Å²) in [5.41, 5.74) is 4.54. The smallest absolute Gasteiger partial charge is 0.297 e. The number of hydrogen-bond donors (Lipinski definition) is 0. The van der Waals surface area contributed by atoms with Gasteiger partial charge in [0.05, 0.1) is 23.6 Å². The van der Waals surface area contributed by atoms with Crippen LogP contribution in [0.1, 0.15) is 45.8 Å². The van der Waals surface area contributed by atoms with Gasteiger partial charge in [-0.15, -0.1) is 10.2 Å². The van der Waals surface area contributed by atoms with E-state index < -0.39 is 11.9 Å². The number of hydrogen-bond acceptors (Lipinski definition) is 8. The lowest BCUT2D eigenvalue weighted by atomic mass is 9.98. The maximum Gasteiger partial charge on any atom is 0.297 e. The Kier molecular flexibility index (Phi) is 6.13. The highest BCUT2D eigenvalue weighted by atomic mass is 32.1. The number of fused-ring (bicyclic) bond motifs is 2. The summed E-state index contributed by atoms with van der Waals surface area (Å²) in [6.45, 7) is 4.58. The molecule has 1 amide bonds. The summed E-state index contributed by atoms with van der Waals surface area (Å²) in [7, 11) is 0. The highest BCUT2D eigenvalue weighted by Crippen LogP contribution is 2.43. The quantitative estimate of drug-likeness (QED) is 0.270. The zero-order valence-corrected chi connectivity index (χ0v) is 21.5. The van der Waals surface area contributed by atoms with Crippen LogP contribution in [0.5, 0.6) is 11.5 Å². The van der Waals surface area contributed by atoms with E-state index >= 15 is 0 Å². The van der Waals surface area contributed by atoms with Gasteiger partial charge in [0.25, 0.3) is 5.91 Å². The normalized spacial score (nSPS) is 14.6. The molecule has 1 atom stereocenters. The molecule has 6 rings (SSSR count). The van der Waals surface area contributed by atoms with E-state index in [4.69, 9.17) is 13.9 Å². The molecule has 1 unspecified atom stereocenters. The van der Waals surface area contributed by atoms with Crippen molar-refractivity contribution in [3.63, 3.8) is 0 Å². The summed E-state index contributed by atoms with van der Waals surface area (Å²) in [6, 6.07) is 19.9. The average Bonchev–Trinajstić information content (AvgIpc) is 3.56. The van der Waals surface area contributed by atoms with Crippen molar-refractivity contribution in [1.29, 1.82) is 0 Å². The lowest BCUT2D eigenvalue weighted by molar-refractivity contribution is 0.0970. The van der Waals surface area contributed by atoms with Gasteiger partial charge in [0.15, 0.2) is 16.9 Å². The maximum atomic E-state index is 13.8. The minimum atomic E-state index is -0.769. The first-order valence-corrected chi connectivity index (χ1v) is 13.0. The number of aryl methyl sites for hydroxylation is 1. The van der Waals surface area contributed by atoms with Crippen molar-refractivity contribution in [2.24, 2.45) is 0 Å². The molecule has 190 valence electrons. The molecule has 3 aromatic carbocycles. The molecular weight excluding hydrogens is 502 g/mol. The standard InChI is InChI=1S/C29H23N3O5S/c1-3-35-23-14-19(10-12-22(23)36-15-18-7-5-4-6-8-18)25-24-26(33)20-13-17(2)9-11-21(20)37-27(24)28(34)32(25)29-31-30-16-38-29/h4-14,16,25H,3,15H2,1-2H3. The van der Waals surface area contributed by atoms with Gasteiger partial charge in [0.1, 0.15) is 17.7 Å². The largest absolute Gasteiger partial charge is 0.490 e. The van der Waals surface area contributed by atoms with Crippen LogP contribution in [0, 0.1) is 6.92 Å². The lowest BCUT2D eigenvalue weighted by Gasteiger charge is -2.23. The topological polar surface area (TPSA) is 94.8 Å². The van der Waals surface area contributed by atoms with Crippen molar-refractivity contribution >= 4 is 33.3 Å². The van der Waals surface area contributed by atoms with Crippen molar-refractivity contribution in [3.8, 4) is 11.5 Å². The van der Waals surface area contributed by atoms with Crippen LogP contribution in [0.15, 0.2) is 81.5 Å². The number of nitrogens with zero attached hydrogens (tertiary/aromatic N) is 3. The van der Waals surface area contributed by atoms with Gasteiger partial charge in [-0.05, 0) is 49.2 Å². The fraction of sp³-hybridized carbons (Fsp3) is 0.172. The molecule has 3 heterocycles. The Morgan fingerprint density at radius 3 is 2.61 bits per heavy atom. The zero-order chi connectivity index (χ0) is 26.2. The third-order valence-electron chi connectivity index (χ3n) is 6.40. The summed E-state index contributed by atoms with van der Waals surface area (Å²) in [5, 5.41) is 8.84. The van der Waals surface area contributed by atoms with Crippen LogP contribution in [0.25, 0.3) is 11.0 Å². The average molecular weight is 526 g/mol. The third kappa shape index (κ3) is 4.10. The van der Waals surface area contributed by atoms with Gasteiger partial charge in [-0.2, -0.15) is 0 Å². The SMILES string of the molecule is CCOc1cc(C2c3c(oc4ccc(C)cc4c3=O)C(=O)N2c2nncs2)ccc1OCc1ccccc1. The number of benzene rings is 3. The monoisotopic (exact) mass is 525 g/mol. The Labute approximate surface area is 222 Å². The Morgan fingerprint density at radius 2 is 1.84 bits per heavy atom. The van der Waals surface area contributed by atoms with Gasteiger partial charge >= 0.3 is 0 Å². The van der Waals surface area contributed by atoms with Crippen LogP contribution in [0.2, 0.25) is 0 Å². The summed E-state index contributed by atoms with van der Waals surface area (Å²) in [4.78, 5) is 28.9. The molecule has 0 fully saturated rings. The Morgan fingerprint density at radius 1 is 1.00 bits per heavy atom. The van der Waals surface area contributed by atoms with Crippen LogP contribution < -0.4 is 19.8 Å². The zero-order valence-electron chi connectivity index (χ0n) is 20.7. The van der Waals surface area contributed by atoms with Crippen LogP contribution in [-0.2, 0) is 6.61 Å². The molecule has 0 N–H and O–H groups in total. The molecule has 0 aliphatic carbocycles. The summed E-state index contributed by atoms with van der Waals surface area (Å²) in [6.07, 6.45) is 0. The fourth-order valence-electron chi connectivity index (χ4n) is 4.69. The molecule has 1 aliphatic heterocycles. The molecular formula is C29H23N3O5S. The Bertz CT molecular complexity index is 1700. The number of carbonyl (C=O) groups is 1. The lowest BCUT2D eigenvalue weighted by Crippen LogP contribution is -2.29. The van der Waals surface area contributed by atoms with E-state index in [1.54, 1.807) is 23.7 Å². The maximum absolute atomic E-state index is 13.8. The second-order valence-corrected chi connectivity index (χ2v) is 9.70. The number of carbonyl (C=O) groups excluding carboxylic acids is 1. The van der Waals surface area contributed by atoms with Crippen molar-refractivity contribution in [3.05, 3.63) is 110 Å². The van der Waals surface area contributed by atoms with Crippen molar-refractivity contribution in [2.45, 2.75) is 26.5 Å². The molecule has 0 spiro atoms. The van der Waals surface area contributed by atoms with Gasteiger partial charge in [0, 0.05) is 0 Å². The molecule has 0 bridgehead atoms. The molecule has 0 radical (unpaired) electrons. The van der Waals surface area contributed by atoms with E-state index in [0.717, 1.165) is 11.1 Å². The third-order valence-corrected chi connectivity index (χ3v) is 7.09. The van der Waals surface area contributed by atoms with Gasteiger partial charge < -0.3 is 13.9 Å². The number of ether oxygens (including phenoxy) is 2. The highest BCUT2D eigenvalue weighted by Gasteiger charge is 2.45. The van der Waals surface area contributed by atoms with Crippen molar-refractivity contribution in [1.82, 2.24) is 10.2 Å². The van der Waals surface area contributed by atoms with E-state index in [9.17, 15) is 9.59 Å². The first kappa shape index (κ1) is 23.9. The van der Waals surface area contributed by atoms with Crippen molar-refractivity contribution < 1.29 is 18.7 Å². The number of aromatic nitrogens is 2. The predicted molar refractivity (Wildman–Crippen MR) is 144 cm³/mol. The van der Waals surface area contributed by atoms with Gasteiger partial charge in [-0.3, -0.25) is 14.5 Å². The van der Waals surface area contributed by atoms with Crippen molar-refractivity contribution in [2.75, 3.05) is 11.5 Å². The number of rotatable bonds is 7. The van der Waals surface area contributed by atoms with E-state index in [1.165, 1.54) is 16.2 Å². The second kappa shape index (κ2) is 9.75. The molecule has 9 heteroatoms. The predicted octanol–water partition coefficient (Wildman–Crippen LogP) is 5.68. The summed E-state index contributed by atoms with van der Waals surface area (Å²) < 4.78 is 18.0. The van der Waals surface area contributed by atoms with E-state index in [-0.39, 0.29) is 16.8 Å². The van der Waals surface area contributed by atoms with Crippen LogP contribution in [0.4, 0.5) is 5.13 Å². The van der Waals surface area contributed by atoms with E-state index in [1.807, 2.05) is 62.4 Å². The minimum absolute atomic E-state index is 0.00826. The number of amides is 1. The van der Waals surface area contributed by atoms with E-state index in [2.05, 4.69) is 10.2 Å². The minimum Gasteiger partial charge on any atom is -0.490 e. The highest BCUT2D eigenvalue weighted by molar-refractivity contribution is 7.13. The first-order chi connectivity index (χ1) is 18.5. The number of anilines is 1. The molecule has 38 heavy (non-hydrogen) atoms. The second-order valence-electron chi connectivity index (χ2n) is 8.89. The van der Waals surface area contributed by atoms with Crippen LogP contribution in [0.3, 0.4) is 0 Å². The summed E-state index contributed by atoms with van der Waals surface area (Å²) in [5.74, 6) is 0.644. The molecule has 5 aromatic rings. The van der Waals surface area contributed by atoms with Gasteiger partial charge in [-0.1, -0.05) is 59.4 Å². The Hall–Kier alpha value is -4.50. The van der Waals surface area contributed by atoms with Gasteiger partial charge in [-0.25, -0.2) is 0 Å². The molecule has 0 saturated heterocycles. The molecule has 8 nitrogen and oxygen atoms in total. The molecule has 2 aromatic heterocycles. The van der Waals surface area contributed by atoms with Gasteiger partial charge in [0.2, 0.25) is 10.9 Å². The molecule has 0 saturated carbocycles. The van der Waals surface area contributed by atoms with Crippen LogP contribution >= 0.6 is 11.3 Å². The first-order valence-electron chi connectivity index (χ1n) is 12.2. The molecule has 1 aliphatic rings. The summed E-state index contributed by atoms with van der Waals surface area (Å²) >= 11 is 1.21. The fourth-order valence-corrected chi connectivity index (χ4v) is 5.27.